The molecule has 0 atom stereocenters. The third-order valence-corrected chi connectivity index (χ3v) is 2.04. The van der Waals surface area contributed by atoms with Gasteiger partial charge in [-0.25, -0.2) is 4.68 Å². The first kappa shape index (κ1) is 10.2. The van der Waals surface area contributed by atoms with Crippen LogP contribution in [-0.2, 0) is 0 Å². The molecule has 0 aliphatic carbocycles. The van der Waals surface area contributed by atoms with Gasteiger partial charge < -0.3 is 10.5 Å². The molecule has 2 aromatic rings. The van der Waals surface area contributed by atoms with Crippen molar-refractivity contribution in [2.45, 2.75) is 0 Å². The van der Waals surface area contributed by atoms with Crippen LogP contribution in [0.2, 0.25) is 0 Å². The Hall–Kier alpha value is -2.37. The molecule has 0 aliphatic heterocycles. The first-order valence-corrected chi connectivity index (χ1v) is 4.56. The third-order valence-electron chi connectivity index (χ3n) is 2.04. The second-order valence-electron chi connectivity index (χ2n) is 3.08. The van der Waals surface area contributed by atoms with Crippen LogP contribution in [0.1, 0.15) is 0 Å². The lowest BCUT2D eigenvalue weighted by Crippen LogP contribution is -2.18. The van der Waals surface area contributed by atoms with Crippen LogP contribution in [-0.4, -0.2) is 21.9 Å². The first-order valence-electron chi connectivity index (χ1n) is 4.56. The van der Waals surface area contributed by atoms with Gasteiger partial charge in [-0.15, -0.1) is 5.10 Å². The summed E-state index contributed by atoms with van der Waals surface area (Å²) in [6.45, 7) is 0. The van der Waals surface area contributed by atoms with Crippen molar-refractivity contribution in [3.63, 3.8) is 0 Å². The monoisotopic (exact) mass is 218 g/mol. The quantitative estimate of drug-likeness (QED) is 0.779. The number of methoxy groups -OCH3 is 1. The Morgan fingerprint density at radius 1 is 1.44 bits per heavy atom. The van der Waals surface area contributed by atoms with E-state index < -0.39 is 5.56 Å². The highest BCUT2D eigenvalue weighted by atomic mass is 16.5. The molecule has 6 nitrogen and oxygen atoms in total. The highest BCUT2D eigenvalue weighted by Gasteiger charge is 2.01. The summed E-state index contributed by atoms with van der Waals surface area (Å²) in [5.74, 6) is 0.557. The van der Waals surface area contributed by atoms with Crippen LogP contribution in [0, 0.1) is 0 Å². The molecule has 2 rings (SSSR count). The molecule has 0 unspecified atom stereocenters. The number of nitrogens with zero attached hydrogens (tertiary/aromatic N) is 3. The summed E-state index contributed by atoms with van der Waals surface area (Å²) >= 11 is 0. The fraction of sp³-hybridized carbons (Fsp3) is 0.100. The van der Waals surface area contributed by atoms with Crippen molar-refractivity contribution >= 4 is 5.82 Å². The number of benzene rings is 1. The minimum Gasteiger partial charge on any atom is -0.497 e. The molecule has 0 radical (unpaired) electrons. The topological polar surface area (TPSA) is 83.0 Å². The zero-order valence-electron chi connectivity index (χ0n) is 8.62. The molecule has 0 fully saturated rings. The summed E-state index contributed by atoms with van der Waals surface area (Å²) in [5.41, 5.74) is 5.58. The SMILES string of the molecule is COc1cccc(-n2cnc(=O)c(N)n2)c1. The lowest BCUT2D eigenvalue weighted by molar-refractivity contribution is 0.414. The molecular formula is C10H10N4O2. The van der Waals surface area contributed by atoms with Crippen molar-refractivity contribution < 1.29 is 4.74 Å². The van der Waals surface area contributed by atoms with Crippen LogP contribution in [0.25, 0.3) is 5.69 Å². The van der Waals surface area contributed by atoms with Crippen LogP contribution in [0.3, 0.4) is 0 Å². The number of nitrogens with two attached hydrogens (primary N) is 1. The van der Waals surface area contributed by atoms with E-state index in [9.17, 15) is 4.79 Å². The van der Waals surface area contributed by atoms with E-state index in [1.165, 1.54) is 11.0 Å². The first-order chi connectivity index (χ1) is 7.70. The van der Waals surface area contributed by atoms with Gasteiger partial charge in [0.25, 0.3) is 0 Å². The van der Waals surface area contributed by atoms with E-state index in [1.807, 2.05) is 12.1 Å². The fourth-order valence-corrected chi connectivity index (χ4v) is 1.24. The van der Waals surface area contributed by atoms with Gasteiger partial charge in [-0.3, -0.25) is 4.79 Å². The molecule has 2 N–H and O–H groups in total. The second kappa shape index (κ2) is 4.01. The number of hydrogen-bond donors (Lipinski definition) is 1. The highest BCUT2D eigenvalue weighted by molar-refractivity contribution is 5.38. The molecule has 1 aromatic heterocycles. The number of aromatic nitrogens is 3. The minimum atomic E-state index is -0.529. The van der Waals surface area contributed by atoms with Gasteiger partial charge in [0, 0.05) is 6.07 Å². The van der Waals surface area contributed by atoms with Crippen molar-refractivity contribution in [1.82, 2.24) is 14.8 Å². The van der Waals surface area contributed by atoms with Crippen molar-refractivity contribution in [3.8, 4) is 11.4 Å². The Morgan fingerprint density at radius 3 is 2.94 bits per heavy atom. The molecule has 0 saturated carbocycles. The standard InChI is InChI=1S/C10H10N4O2/c1-16-8-4-2-3-7(5-8)14-6-12-10(15)9(11)13-14/h2-6H,1H3,(H2,11,13). The molecule has 0 amide bonds. The minimum absolute atomic E-state index is 0.134. The van der Waals surface area contributed by atoms with Gasteiger partial charge in [0.15, 0.2) is 0 Å². The average Bonchev–Trinajstić information content (AvgIpc) is 2.33. The van der Waals surface area contributed by atoms with Crippen molar-refractivity contribution in [3.05, 3.63) is 40.9 Å². The van der Waals surface area contributed by atoms with E-state index in [0.29, 0.717) is 5.75 Å². The summed E-state index contributed by atoms with van der Waals surface area (Å²) in [4.78, 5) is 14.6. The van der Waals surface area contributed by atoms with E-state index in [4.69, 9.17) is 10.5 Å². The highest BCUT2D eigenvalue weighted by Crippen LogP contribution is 2.14. The van der Waals surface area contributed by atoms with Crippen LogP contribution < -0.4 is 16.0 Å². The Kier molecular flexibility index (Phi) is 2.55. The summed E-state index contributed by atoms with van der Waals surface area (Å²) in [7, 11) is 1.57. The van der Waals surface area contributed by atoms with Crippen LogP contribution in [0.4, 0.5) is 5.82 Å². The Balaban J connectivity index is 2.50. The molecule has 0 saturated heterocycles. The van der Waals surface area contributed by atoms with Gasteiger partial charge in [0.05, 0.1) is 12.8 Å². The molecule has 0 bridgehead atoms. The van der Waals surface area contributed by atoms with Gasteiger partial charge in [-0.05, 0) is 12.1 Å². The number of ether oxygens (including phenoxy) is 1. The van der Waals surface area contributed by atoms with Gasteiger partial charge >= 0.3 is 5.56 Å². The zero-order chi connectivity index (χ0) is 11.5. The Bertz CT molecular complexity index is 565. The van der Waals surface area contributed by atoms with E-state index in [2.05, 4.69) is 10.1 Å². The maximum absolute atomic E-state index is 11.0. The Morgan fingerprint density at radius 2 is 2.25 bits per heavy atom. The zero-order valence-corrected chi connectivity index (χ0v) is 8.62. The molecule has 0 aliphatic rings. The lowest BCUT2D eigenvalue weighted by atomic mass is 10.3. The number of rotatable bonds is 2. The van der Waals surface area contributed by atoms with Gasteiger partial charge in [-0.1, -0.05) is 6.07 Å². The van der Waals surface area contributed by atoms with Crippen molar-refractivity contribution in [1.29, 1.82) is 0 Å². The summed E-state index contributed by atoms with van der Waals surface area (Å²) in [6.07, 6.45) is 1.31. The van der Waals surface area contributed by atoms with Gasteiger partial charge in [-0.2, -0.15) is 4.98 Å². The molecule has 82 valence electrons. The summed E-state index contributed by atoms with van der Waals surface area (Å²) in [6, 6.07) is 7.19. The third kappa shape index (κ3) is 1.85. The number of anilines is 1. The maximum Gasteiger partial charge on any atom is 0.315 e. The van der Waals surface area contributed by atoms with E-state index in [1.54, 1.807) is 19.2 Å². The molecular weight excluding hydrogens is 208 g/mol. The van der Waals surface area contributed by atoms with Crippen molar-refractivity contribution in [2.75, 3.05) is 12.8 Å². The van der Waals surface area contributed by atoms with E-state index in [0.717, 1.165) is 5.69 Å². The van der Waals surface area contributed by atoms with Gasteiger partial charge in [0.1, 0.15) is 12.1 Å². The maximum atomic E-state index is 11.0. The number of hydrogen-bond acceptors (Lipinski definition) is 5. The van der Waals surface area contributed by atoms with E-state index in [-0.39, 0.29) is 5.82 Å². The lowest BCUT2D eigenvalue weighted by Gasteiger charge is -2.06. The largest absolute Gasteiger partial charge is 0.497 e. The Labute approximate surface area is 91.3 Å². The molecule has 16 heavy (non-hydrogen) atoms. The molecule has 6 heteroatoms. The van der Waals surface area contributed by atoms with Crippen molar-refractivity contribution in [2.24, 2.45) is 0 Å². The number of nitrogen functional groups attached to an aromatic ring is 1. The fourth-order valence-electron chi connectivity index (χ4n) is 1.24. The summed E-state index contributed by atoms with van der Waals surface area (Å²) in [5, 5.41) is 3.88. The predicted molar refractivity (Wildman–Crippen MR) is 58.6 cm³/mol. The molecule has 1 heterocycles. The normalized spacial score (nSPS) is 10.1. The molecule has 0 spiro atoms. The van der Waals surface area contributed by atoms with Crippen LogP contribution >= 0.6 is 0 Å². The average molecular weight is 218 g/mol. The predicted octanol–water partition coefficient (Wildman–Crippen LogP) is 0.218. The van der Waals surface area contributed by atoms with Crippen LogP contribution in [0.5, 0.6) is 5.75 Å². The smallest absolute Gasteiger partial charge is 0.315 e. The summed E-state index contributed by atoms with van der Waals surface area (Å²) < 4.78 is 6.49. The van der Waals surface area contributed by atoms with E-state index >= 15 is 0 Å². The molecule has 1 aromatic carbocycles. The van der Waals surface area contributed by atoms with Gasteiger partial charge in [0.2, 0.25) is 5.82 Å². The van der Waals surface area contributed by atoms with Crippen LogP contribution in [0.15, 0.2) is 35.4 Å². The second-order valence-corrected chi connectivity index (χ2v) is 3.08.